The molecule has 0 aliphatic heterocycles. The van der Waals surface area contributed by atoms with E-state index in [1.165, 1.54) is 0 Å². The molecule has 0 bridgehead atoms. The number of nitrogens with zero attached hydrogens (tertiary/aromatic N) is 2. The number of benzene rings is 1. The Kier molecular flexibility index (Phi) is 1.92. The lowest BCUT2D eigenvalue weighted by Gasteiger charge is -1.98. The Bertz CT molecular complexity index is 406. The second kappa shape index (κ2) is 3.23. The third-order valence-electron chi connectivity index (χ3n) is 1.75. The van der Waals surface area contributed by atoms with Crippen molar-refractivity contribution in [1.29, 1.82) is 0 Å². The highest BCUT2D eigenvalue weighted by Gasteiger charge is 1.97. The lowest BCUT2D eigenvalue weighted by atomic mass is 10.3. The van der Waals surface area contributed by atoms with E-state index in [0.717, 1.165) is 12.0 Å². The Morgan fingerprint density at radius 3 is 2.54 bits per heavy atom. The van der Waals surface area contributed by atoms with Crippen LogP contribution in [-0.2, 0) is 0 Å². The summed E-state index contributed by atoms with van der Waals surface area (Å²) in [6, 6.07) is 11.3. The topological polar surface area (TPSA) is 34.9 Å². The van der Waals surface area contributed by atoms with Crippen LogP contribution in [0.1, 0.15) is 10.5 Å². The van der Waals surface area contributed by atoms with Crippen LogP contribution in [0.5, 0.6) is 0 Å². The maximum Gasteiger partial charge on any atom is 0.170 e. The minimum absolute atomic E-state index is 0.448. The maximum atomic E-state index is 10.4. The summed E-state index contributed by atoms with van der Waals surface area (Å²) in [6.07, 6.45) is 2.50. The van der Waals surface area contributed by atoms with Gasteiger partial charge in [-0.2, -0.15) is 5.10 Å². The molecule has 1 aromatic heterocycles. The maximum absolute atomic E-state index is 10.4. The van der Waals surface area contributed by atoms with Crippen molar-refractivity contribution in [3.05, 3.63) is 48.3 Å². The molecule has 0 spiro atoms. The molecule has 2 aromatic rings. The van der Waals surface area contributed by atoms with Gasteiger partial charge in [0.1, 0.15) is 5.69 Å². The molecule has 0 N–H and O–H groups in total. The first kappa shape index (κ1) is 7.73. The largest absolute Gasteiger partial charge is 0.296 e. The van der Waals surface area contributed by atoms with Gasteiger partial charge in [-0.1, -0.05) is 18.2 Å². The Morgan fingerprint density at radius 2 is 1.92 bits per heavy atom. The lowest BCUT2D eigenvalue weighted by Crippen LogP contribution is -1.94. The standard InChI is InChI=1S/C10H8N2O/c13-8-9-6-7-12(11-9)10-4-2-1-3-5-10/h1-8H. The van der Waals surface area contributed by atoms with Crippen molar-refractivity contribution in [1.82, 2.24) is 9.78 Å². The molecule has 0 unspecified atom stereocenters. The van der Waals surface area contributed by atoms with Gasteiger partial charge in [-0.25, -0.2) is 4.68 Å². The predicted octanol–water partition coefficient (Wildman–Crippen LogP) is 1.68. The first-order chi connectivity index (χ1) is 6.40. The Morgan fingerprint density at radius 1 is 1.15 bits per heavy atom. The lowest BCUT2D eigenvalue weighted by molar-refractivity contribution is 0.111. The number of carbonyl (C=O) groups is 1. The van der Waals surface area contributed by atoms with E-state index >= 15 is 0 Å². The molecule has 13 heavy (non-hydrogen) atoms. The van der Waals surface area contributed by atoms with E-state index in [0.29, 0.717) is 5.69 Å². The normalized spacial score (nSPS) is 9.85. The second-order valence-electron chi connectivity index (χ2n) is 2.64. The summed E-state index contributed by atoms with van der Waals surface area (Å²) in [5, 5.41) is 4.05. The molecule has 0 saturated carbocycles. The fraction of sp³-hybridized carbons (Fsp3) is 0. The van der Waals surface area contributed by atoms with Crippen LogP contribution in [0.25, 0.3) is 5.69 Å². The summed E-state index contributed by atoms with van der Waals surface area (Å²) in [6.45, 7) is 0. The van der Waals surface area contributed by atoms with Gasteiger partial charge in [-0.05, 0) is 18.2 Å². The molecule has 0 aliphatic carbocycles. The first-order valence-corrected chi connectivity index (χ1v) is 3.96. The number of rotatable bonds is 2. The number of hydrogen-bond donors (Lipinski definition) is 0. The van der Waals surface area contributed by atoms with E-state index in [2.05, 4.69) is 5.10 Å². The van der Waals surface area contributed by atoms with Gasteiger partial charge < -0.3 is 0 Å². The summed E-state index contributed by atoms with van der Waals surface area (Å²) in [5.74, 6) is 0. The quantitative estimate of drug-likeness (QED) is 0.646. The van der Waals surface area contributed by atoms with Crippen molar-refractivity contribution in [3.63, 3.8) is 0 Å². The molecule has 2 rings (SSSR count). The zero-order valence-corrected chi connectivity index (χ0v) is 6.92. The molecular formula is C10H8N2O. The van der Waals surface area contributed by atoms with Gasteiger partial charge in [0.05, 0.1) is 5.69 Å². The third-order valence-corrected chi connectivity index (χ3v) is 1.75. The Labute approximate surface area is 75.6 Å². The summed E-state index contributed by atoms with van der Waals surface area (Å²) in [7, 11) is 0. The summed E-state index contributed by atoms with van der Waals surface area (Å²) < 4.78 is 1.67. The highest BCUT2D eigenvalue weighted by molar-refractivity contribution is 5.71. The fourth-order valence-corrected chi connectivity index (χ4v) is 1.13. The van der Waals surface area contributed by atoms with Crippen molar-refractivity contribution in [2.45, 2.75) is 0 Å². The van der Waals surface area contributed by atoms with Gasteiger partial charge in [0.25, 0.3) is 0 Å². The third kappa shape index (κ3) is 1.49. The monoisotopic (exact) mass is 172 g/mol. The van der Waals surface area contributed by atoms with Crippen LogP contribution >= 0.6 is 0 Å². The first-order valence-electron chi connectivity index (χ1n) is 3.96. The van der Waals surface area contributed by atoms with Crippen LogP contribution < -0.4 is 0 Å². The Hall–Kier alpha value is -1.90. The van der Waals surface area contributed by atoms with Crippen molar-refractivity contribution in [2.24, 2.45) is 0 Å². The van der Waals surface area contributed by atoms with Gasteiger partial charge in [0, 0.05) is 6.20 Å². The molecule has 1 aromatic carbocycles. The summed E-state index contributed by atoms with van der Waals surface area (Å²) >= 11 is 0. The molecule has 0 saturated heterocycles. The van der Waals surface area contributed by atoms with E-state index < -0.39 is 0 Å². The van der Waals surface area contributed by atoms with E-state index in [-0.39, 0.29) is 0 Å². The van der Waals surface area contributed by atoms with Gasteiger partial charge in [0.2, 0.25) is 0 Å². The number of para-hydroxylation sites is 1. The van der Waals surface area contributed by atoms with Crippen LogP contribution in [0, 0.1) is 0 Å². The molecule has 64 valence electrons. The molecule has 0 aliphatic rings. The number of hydrogen-bond acceptors (Lipinski definition) is 2. The molecule has 0 atom stereocenters. The smallest absolute Gasteiger partial charge is 0.170 e. The van der Waals surface area contributed by atoms with E-state index in [1.54, 1.807) is 16.9 Å². The van der Waals surface area contributed by atoms with Gasteiger partial charge in [-0.15, -0.1) is 0 Å². The Balaban J connectivity index is 2.41. The van der Waals surface area contributed by atoms with Crippen LogP contribution in [0.15, 0.2) is 42.6 Å². The molecule has 3 nitrogen and oxygen atoms in total. The molecular weight excluding hydrogens is 164 g/mol. The molecule has 3 heteroatoms. The van der Waals surface area contributed by atoms with E-state index in [9.17, 15) is 4.79 Å². The highest BCUT2D eigenvalue weighted by Crippen LogP contribution is 2.05. The van der Waals surface area contributed by atoms with Crippen molar-refractivity contribution in [3.8, 4) is 5.69 Å². The average Bonchev–Trinajstić information content (AvgIpc) is 2.67. The molecule has 0 radical (unpaired) electrons. The van der Waals surface area contributed by atoms with Crippen LogP contribution in [0.4, 0.5) is 0 Å². The molecule has 0 amide bonds. The van der Waals surface area contributed by atoms with Crippen molar-refractivity contribution >= 4 is 6.29 Å². The van der Waals surface area contributed by atoms with Gasteiger partial charge in [0.15, 0.2) is 6.29 Å². The van der Waals surface area contributed by atoms with Crippen molar-refractivity contribution in [2.75, 3.05) is 0 Å². The molecule has 0 fully saturated rings. The fourth-order valence-electron chi connectivity index (χ4n) is 1.13. The zero-order valence-electron chi connectivity index (χ0n) is 6.92. The number of aldehydes is 1. The van der Waals surface area contributed by atoms with Crippen molar-refractivity contribution < 1.29 is 4.79 Å². The summed E-state index contributed by atoms with van der Waals surface area (Å²) in [5.41, 5.74) is 1.40. The van der Waals surface area contributed by atoms with Crippen LogP contribution in [0.2, 0.25) is 0 Å². The minimum Gasteiger partial charge on any atom is -0.296 e. The highest BCUT2D eigenvalue weighted by atomic mass is 16.1. The molecule has 1 heterocycles. The van der Waals surface area contributed by atoms with Crippen LogP contribution in [-0.4, -0.2) is 16.1 Å². The average molecular weight is 172 g/mol. The van der Waals surface area contributed by atoms with E-state index in [1.807, 2.05) is 30.3 Å². The summed E-state index contributed by atoms with van der Waals surface area (Å²) in [4.78, 5) is 10.4. The van der Waals surface area contributed by atoms with Crippen LogP contribution in [0.3, 0.4) is 0 Å². The van der Waals surface area contributed by atoms with Gasteiger partial charge in [-0.3, -0.25) is 4.79 Å². The number of aromatic nitrogens is 2. The number of carbonyl (C=O) groups excluding carboxylic acids is 1. The van der Waals surface area contributed by atoms with Gasteiger partial charge >= 0.3 is 0 Å². The predicted molar refractivity (Wildman–Crippen MR) is 49.0 cm³/mol. The minimum atomic E-state index is 0.448. The zero-order chi connectivity index (χ0) is 9.10. The SMILES string of the molecule is O=Cc1ccn(-c2ccccc2)n1. The van der Waals surface area contributed by atoms with E-state index in [4.69, 9.17) is 0 Å². The second-order valence-corrected chi connectivity index (χ2v) is 2.64.